The number of aromatic nitrogens is 2. The highest BCUT2D eigenvalue weighted by atomic mass is 32.2. The molecule has 0 amide bonds. The van der Waals surface area contributed by atoms with E-state index in [1.54, 1.807) is 50.2 Å². The summed E-state index contributed by atoms with van der Waals surface area (Å²) in [5.74, 6) is -0.379. The summed E-state index contributed by atoms with van der Waals surface area (Å²) in [4.78, 5) is 21.2. The van der Waals surface area contributed by atoms with Crippen LogP contribution < -0.4 is 10.6 Å². The predicted octanol–water partition coefficient (Wildman–Crippen LogP) is 4.23. The average Bonchev–Trinajstić information content (AvgIpc) is 2.77. The lowest BCUT2D eigenvalue weighted by molar-refractivity contribution is 0.0526. The molecule has 0 aliphatic heterocycles. The first-order valence-electron chi connectivity index (χ1n) is 10.2. The normalized spacial score (nSPS) is 12.1. The maximum atomic E-state index is 13.8. The Kier molecular flexibility index (Phi) is 7.59. The predicted molar refractivity (Wildman–Crippen MR) is 124 cm³/mol. The van der Waals surface area contributed by atoms with Gasteiger partial charge in [0.1, 0.15) is 18.1 Å². The first kappa shape index (κ1) is 24.1. The summed E-state index contributed by atoms with van der Waals surface area (Å²) in [6.45, 7) is 2.80. The smallest absolute Gasteiger partial charge is 0.343 e. The van der Waals surface area contributed by atoms with Crippen LogP contribution in [-0.4, -0.2) is 43.9 Å². The molecule has 10 heteroatoms. The van der Waals surface area contributed by atoms with Gasteiger partial charge in [0.15, 0.2) is 9.84 Å². The fourth-order valence-electron chi connectivity index (χ4n) is 3.24. The van der Waals surface area contributed by atoms with Crippen LogP contribution in [0.2, 0.25) is 0 Å². The van der Waals surface area contributed by atoms with Gasteiger partial charge in [0.25, 0.3) is 0 Å². The van der Waals surface area contributed by atoms with E-state index in [-0.39, 0.29) is 28.8 Å². The number of anilines is 3. The molecule has 0 aliphatic carbocycles. The zero-order valence-electron chi connectivity index (χ0n) is 18.5. The molecule has 0 aliphatic rings. The third-order valence-electron chi connectivity index (χ3n) is 4.78. The van der Waals surface area contributed by atoms with Crippen molar-refractivity contribution >= 4 is 33.3 Å². The molecular formula is C23H25FN4O4S. The van der Waals surface area contributed by atoms with Gasteiger partial charge in [-0.3, -0.25) is 0 Å². The highest BCUT2D eigenvalue weighted by Crippen LogP contribution is 2.25. The molecule has 3 rings (SSSR count). The third-order valence-corrected chi connectivity index (χ3v) is 6.04. The number of rotatable bonds is 9. The molecule has 1 heterocycles. The zero-order chi connectivity index (χ0) is 24.0. The van der Waals surface area contributed by atoms with Crippen LogP contribution in [0.5, 0.6) is 0 Å². The van der Waals surface area contributed by atoms with Gasteiger partial charge in [-0.05, 0) is 43.2 Å². The van der Waals surface area contributed by atoms with Crippen molar-refractivity contribution in [1.82, 2.24) is 9.97 Å². The number of halogens is 1. The van der Waals surface area contributed by atoms with Crippen LogP contribution in [0.15, 0.2) is 59.6 Å². The summed E-state index contributed by atoms with van der Waals surface area (Å²) in [7, 11) is -3.35. The minimum Gasteiger partial charge on any atom is -0.462 e. The van der Waals surface area contributed by atoms with E-state index in [4.69, 9.17) is 4.74 Å². The van der Waals surface area contributed by atoms with Crippen molar-refractivity contribution in [2.75, 3.05) is 30.2 Å². The Balaban J connectivity index is 1.94. The summed E-state index contributed by atoms with van der Waals surface area (Å²) < 4.78 is 42.6. The van der Waals surface area contributed by atoms with Crippen molar-refractivity contribution in [3.05, 3.63) is 71.4 Å². The molecule has 1 atom stereocenters. The van der Waals surface area contributed by atoms with Crippen molar-refractivity contribution in [3.63, 3.8) is 0 Å². The molecule has 1 aromatic heterocycles. The largest absolute Gasteiger partial charge is 0.462 e. The fourth-order valence-corrected chi connectivity index (χ4v) is 4.20. The van der Waals surface area contributed by atoms with Crippen molar-refractivity contribution in [2.45, 2.75) is 24.8 Å². The number of sulfone groups is 1. The Bertz CT molecular complexity index is 1240. The number of carbonyl (C=O) groups excluding carboxylic acids is 1. The Labute approximate surface area is 192 Å². The number of ether oxygens (including phenoxy) is 1. The summed E-state index contributed by atoms with van der Waals surface area (Å²) in [6.07, 6.45) is 2.44. The summed E-state index contributed by atoms with van der Waals surface area (Å²) in [5, 5.41) is 5.96. The number of alkyl halides is 1. The number of nitrogens with one attached hydrogen (secondary N) is 2. The molecule has 2 aromatic carbocycles. The number of carbonyl (C=O) groups is 1. The minimum absolute atomic E-state index is 0.0698. The van der Waals surface area contributed by atoms with Gasteiger partial charge in [-0.25, -0.2) is 22.6 Å². The number of hydrogen-bond donors (Lipinski definition) is 2. The molecule has 0 saturated carbocycles. The van der Waals surface area contributed by atoms with E-state index in [0.717, 1.165) is 6.26 Å². The topological polar surface area (TPSA) is 110 Å². The summed E-state index contributed by atoms with van der Waals surface area (Å²) in [6, 6.07) is 13.0. The third kappa shape index (κ3) is 6.04. The molecule has 0 radical (unpaired) electrons. The molecule has 0 bridgehead atoms. The lowest BCUT2D eigenvalue weighted by Crippen LogP contribution is -2.18. The molecule has 33 heavy (non-hydrogen) atoms. The second-order valence-corrected chi connectivity index (χ2v) is 9.30. The van der Waals surface area contributed by atoms with Gasteiger partial charge < -0.3 is 15.4 Å². The second kappa shape index (κ2) is 10.4. The Morgan fingerprint density at radius 1 is 1.18 bits per heavy atom. The van der Waals surface area contributed by atoms with Crippen molar-refractivity contribution < 1.29 is 22.3 Å². The first-order valence-corrected chi connectivity index (χ1v) is 12.1. The van der Waals surface area contributed by atoms with Crippen LogP contribution in [0, 0.1) is 6.92 Å². The monoisotopic (exact) mass is 472 g/mol. The lowest BCUT2D eigenvalue weighted by atomic mass is 10.1. The molecule has 174 valence electrons. The molecule has 0 fully saturated rings. The lowest BCUT2D eigenvalue weighted by Gasteiger charge is -2.19. The van der Waals surface area contributed by atoms with Gasteiger partial charge in [-0.1, -0.05) is 30.3 Å². The van der Waals surface area contributed by atoms with Gasteiger partial charge in [-0.2, -0.15) is 4.98 Å². The standard InChI is InChI=1S/C23H25FN4O4S/c1-4-32-22(29)18-14-25-23(26-17-10-11-20(15(2)12-17)33(3,30)31)28-21(18)27-19(13-24)16-8-6-5-7-9-16/h5-12,14,19H,4,13H2,1-3H3,(H2,25,26,27,28). The molecule has 3 aromatic rings. The first-order chi connectivity index (χ1) is 15.7. The number of hydrogen-bond acceptors (Lipinski definition) is 8. The van der Waals surface area contributed by atoms with E-state index in [2.05, 4.69) is 20.6 Å². The number of esters is 1. The van der Waals surface area contributed by atoms with Crippen LogP contribution in [-0.2, 0) is 14.6 Å². The summed E-state index contributed by atoms with van der Waals surface area (Å²) >= 11 is 0. The van der Waals surface area contributed by atoms with E-state index in [9.17, 15) is 17.6 Å². The van der Waals surface area contributed by atoms with Gasteiger partial charge in [0.2, 0.25) is 5.95 Å². The number of aryl methyl sites for hydroxylation is 1. The SMILES string of the molecule is CCOC(=O)c1cnc(Nc2ccc(S(C)(=O)=O)c(C)c2)nc1NC(CF)c1ccccc1. The van der Waals surface area contributed by atoms with Crippen LogP contribution in [0.1, 0.15) is 34.5 Å². The summed E-state index contributed by atoms with van der Waals surface area (Å²) in [5.41, 5.74) is 1.88. The van der Waals surface area contributed by atoms with Crippen LogP contribution in [0.25, 0.3) is 0 Å². The highest BCUT2D eigenvalue weighted by Gasteiger charge is 2.20. The number of nitrogens with zero attached hydrogens (tertiary/aromatic N) is 2. The van der Waals surface area contributed by atoms with E-state index >= 15 is 0 Å². The molecule has 0 saturated heterocycles. The second-order valence-electron chi connectivity index (χ2n) is 7.32. The van der Waals surface area contributed by atoms with Crippen LogP contribution in [0.3, 0.4) is 0 Å². The fraction of sp³-hybridized carbons (Fsp3) is 0.261. The Morgan fingerprint density at radius 2 is 1.91 bits per heavy atom. The van der Waals surface area contributed by atoms with Crippen molar-refractivity contribution in [1.29, 1.82) is 0 Å². The van der Waals surface area contributed by atoms with Gasteiger partial charge >= 0.3 is 5.97 Å². The quantitative estimate of drug-likeness (QED) is 0.445. The molecule has 2 N–H and O–H groups in total. The maximum absolute atomic E-state index is 13.8. The van der Waals surface area contributed by atoms with E-state index in [1.807, 2.05) is 6.07 Å². The van der Waals surface area contributed by atoms with Gasteiger partial charge in [0.05, 0.1) is 17.5 Å². The molecule has 1 unspecified atom stereocenters. The van der Waals surface area contributed by atoms with Gasteiger partial charge in [0, 0.05) is 18.1 Å². The van der Waals surface area contributed by atoms with Gasteiger partial charge in [-0.15, -0.1) is 0 Å². The van der Waals surface area contributed by atoms with Crippen molar-refractivity contribution in [2.24, 2.45) is 0 Å². The molecule has 8 nitrogen and oxygen atoms in total. The van der Waals surface area contributed by atoms with E-state index in [0.29, 0.717) is 16.8 Å². The van der Waals surface area contributed by atoms with E-state index in [1.165, 1.54) is 12.3 Å². The number of benzene rings is 2. The molecule has 0 spiro atoms. The minimum atomic E-state index is -3.35. The van der Waals surface area contributed by atoms with Crippen LogP contribution in [0.4, 0.5) is 21.8 Å². The Morgan fingerprint density at radius 3 is 2.52 bits per heavy atom. The zero-order valence-corrected chi connectivity index (χ0v) is 19.3. The highest BCUT2D eigenvalue weighted by molar-refractivity contribution is 7.90. The Hall–Kier alpha value is -3.53. The van der Waals surface area contributed by atoms with Crippen LogP contribution >= 0.6 is 0 Å². The molecular weight excluding hydrogens is 447 g/mol. The average molecular weight is 473 g/mol. The van der Waals surface area contributed by atoms with Crippen molar-refractivity contribution in [3.8, 4) is 0 Å². The van der Waals surface area contributed by atoms with E-state index < -0.39 is 28.5 Å². The maximum Gasteiger partial charge on any atom is 0.343 e.